The minimum absolute atomic E-state index is 0.149. The molecule has 2 amide bonds. The lowest BCUT2D eigenvalue weighted by molar-refractivity contribution is 0.240. The summed E-state index contributed by atoms with van der Waals surface area (Å²) in [5.41, 5.74) is 5.98. The molecule has 4 rings (SSSR count). The number of hydrogen-bond donors (Lipinski definition) is 2. The van der Waals surface area contributed by atoms with Crippen molar-refractivity contribution in [2.45, 2.75) is 38.6 Å². The number of pyridine rings is 1. The van der Waals surface area contributed by atoms with E-state index in [1.165, 1.54) is 24.1 Å². The molecule has 0 saturated carbocycles. The highest BCUT2D eigenvalue weighted by Crippen LogP contribution is 2.30. The monoisotopic (exact) mass is 419 g/mol. The zero-order valence-electron chi connectivity index (χ0n) is 17.9. The van der Waals surface area contributed by atoms with Crippen LogP contribution < -0.4 is 15.4 Å². The van der Waals surface area contributed by atoms with Gasteiger partial charge in [0.1, 0.15) is 5.75 Å². The van der Waals surface area contributed by atoms with Crippen LogP contribution in [0.5, 0.6) is 5.75 Å². The molecule has 0 spiro atoms. The third-order valence-electron chi connectivity index (χ3n) is 5.68. The summed E-state index contributed by atoms with van der Waals surface area (Å²) in [5.74, 6) is 0.836. The number of rotatable bonds is 8. The maximum atomic E-state index is 12.2. The fourth-order valence-corrected chi connectivity index (χ4v) is 4.05. The highest BCUT2D eigenvalue weighted by molar-refractivity contribution is 5.73. The van der Waals surface area contributed by atoms with Gasteiger partial charge < -0.3 is 15.4 Å². The van der Waals surface area contributed by atoms with Gasteiger partial charge in [0.2, 0.25) is 0 Å². The van der Waals surface area contributed by atoms with Gasteiger partial charge in [0.15, 0.2) is 0 Å². The average Bonchev–Trinajstić information content (AvgIpc) is 3.19. The van der Waals surface area contributed by atoms with E-state index in [1.54, 1.807) is 19.5 Å². The summed E-state index contributed by atoms with van der Waals surface area (Å²) in [7, 11) is 1.65. The molecule has 7 nitrogen and oxygen atoms in total. The van der Waals surface area contributed by atoms with Gasteiger partial charge in [-0.05, 0) is 61.9 Å². The Kier molecular flexibility index (Phi) is 6.82. The molecule has 2 aromatic heterocycles. The number of amides is 2. The molecule has 0 bridgehead atoms. The summed E-state index contributed by atoms with van der Waals surface area (Å²) in [6.07, 6.45) is 8.88. The normalized spacial score (nSPS) is 12.8. The van der Waals surface area contributed by atoms with E-state index in [-0.39, 0.29) is 6.03 Å². The molecular formula is C24H29N5O2. The minimum Gasteiger partial charge on any atom is -0.497 e. The van der Waals surface area contributed by atoms with Gasteiger partial charge in [-0.25, -0.2) is 4.79 Å². The Balaban J connectivity index is 1.28. The van der Waals surface area contributed by atoms with Crippen LogP contribution in [0.3, 0.4) is 0 Å². The highest BCUT2D eigenvalue weighted by atomic mass is 16.5. The van der Waals surface area contributed by atoms with Crippen LogP contribution in [0.2, 0.25) is 0 Å². The molecule has 162 valence electrons. The van der Waals surface area contributed by atoms with E-state index < -0.39 is 0 Å². The summed E-state index contributed by atoms with van der Waals surface area (Å²) in [4.78, 5) is 16.3. The van der Waals surface area contributed by atoms with Gasteiger partial charge in [0.25, 0.3) is 0 Å². The van der Waals surface area contributed by atoms with Crippen LogP contribution >= 0.6 is 0 Å². The number of urea groups is 1. The van der Waals surface area contributed by atoms with Crippen molar-refractivity contribution in [2.75, 3.05) is 20.2 Å². The maximum absolute atomic E-state index is 12.2. The van der Waals surface area contributed by atoms with Gasteiger partial charge >= 0.3 is 6.03 Å². The van der Waals surface area contributed by atoms with Gasteiger partial charge in [-0.2, -0.15) is 5.10 Å². The first-order chi connectivity index (χ1) is 15.2. The number of methoxy groups -OCH3 is 1. The van der Waals surface area contributed by atoms with Crippen LogP contribution in [0, 0.1) is 0 Å². The first-order valence-corrected chi connectivity index (χ1v) is 10.9. The van der Waals surface area contributed by atoms with E-state index in [1.807, 2.05) is 36.4 Å². The third kappa shape index (κ3) is 5.23. The molecule has 0 saturated heterocycles. The molecule has 1 aliphatic carbocycles. The number of fused-ring (bicyclic) bond motifs is 1. The van der Waals surface area contributed by atoms with Gasteiger partial charge in [0, 0.05) is 42.3 Å². The van der Waals surface area contributed by atoms with E-state index in [4.69, 9.17) is 9.84 Å². The van der Waals surface area contributed by atoms with Gasteiger partial charge in [-0.1, -0.05) is 12.1 Å². The van der Waals surface area contributed by atoms with Crippen molar-refractivity contribution in [3.63, 3.8) is 0 Å². The number of nitrogens with one attached hydrogen (secondary N) is 2. The molecule has 7 heteroatoms. The Hall–Kier alpha value is -3.35. The van der Waals surface area contributed by atoms with E-state index in [0.29, 0.717) is 19.6 Å². The number of carbonyl (C=O) groups is 1. The lowest BCUT2D eigenvalue weighted by Crippen LogP contribution is -2.38. The second-order valence-corrected chi connectivity index (χ2v) is 7.72. The molecule has 2 N–H and O–H groups in total. The summed E-state index contributed by atoms with van der Waals surface area (Å²) >= 11 is 0. The number of benzene rings is 1. The number of nitrogens with zero attached hydrogens (tertiary/aromatic N) is 3. The Morgan fingerprint density at radius 2 is 1.77 bits per heavy atom. The van der Waals surface area contributed by atoms with E-state index >= 15 is 0 Å². The van der Waals surface area contributed by atoms with Crippen molar-refractivity contribution in [1.82, 2.24) is 25.4 Å². The van der Waals surface area contributed by atoms with Crippen molar-refractivity contribution < 1.29 is 9.53 Å². The quantitative estimate of drug-likeness (QED) is 0.587. The third-order valence-corrected chi connectivity index (χ3v) is 5.68. The topological polar surface area (TPSA) is 81.1 Å². The SMILES string of the molecule is COc1ccc(CCNC(=O)NCCn2nc(-c3ccncc3)c3c2CCCC3)cc1. The first kappa shape index (κ1) is 20.9. The zero-order chi connectivity index (χ0) is 21.5. The molecule has 3 aromatic rings. The summed E-state index contributed by atoms with van der Waals surface area (Å²) in [6.45, 7) is 1.79. The van der Waals surface area contributed by atoms with Crippen molar-refractivity contribution in [3.05, 3.63) is 65.6 Å². The zero-order valence-corrected chi connectivity index (χ0v) is 17.9. The van der Waals surface area contributed by atoms with Crippen molar-refractivity contribution in [1.29, 1.82) is 0 Å². The summed E-state index contributed by atoms with van der Waals surface area (Å²) in [5, 5.41) is 10.8. The Bertz CT molecular complexity index is 999. The Morgan fingerprint density at radius 1 is 1.03 bits per heavy atom. The minimum atomic E-state index is -0.149. The van der Waals surface area contributed by atoms with Gasteiger partial charge in [-0.3, -0.25) is 9.67 Å². The molecule has 1 aromatic carbocycles. The number of ether oxygens (including phenoxy) is 1. The van der Waals surface area contributed by atoms with Crippen LogP contribution in [-0.2, 0) is 25.8 Å². The maximum Gasteiger partial charge on any atom is 0.314 e. The fraction of sp³-hybridized carbons (Fsp3) is 0.375. The van der Waals surface area contributed by atoms with Crippen LogP contribution in [0.15, 0.2) is 48.8 Å². The van der Waals surface area contributed by atoms with Crippen molar-refractivity contribution in [3.8, 4) is 17.0 Å². The lowest BCUT2D eigenvalue weighted by Gasteiger charge is -2.14. The summed E-state index contributed by atoms with van der Waals surface area (Å²) in [6, 6.07) is 11.8. The molecular weight excluding hydrogens is 390 g/mol. The second-order valence-electron chi connectivity index (χ2n) is 7.72. The Labute approximate surface area is 182 Å². The van der Waals surface area contributed by atoms with Crippen molar-refractivity contribution >= 4 is 6.03 Å². The fourth-order valence-electron chi connectivity index (χ4n) is 4.05. The predicted molar refractivity (Wildman–Crippen MR) is 120 cm³/mol. The molecule has 1 aliphatic rings. The predicted octanol–water partition coefficient (Wildman–Crippen LogP) is 3.37. The molecule has 0 aliphatic heterocycles. The van der Waals surface area contributed by atoms with Crippen molar-refractivity contribution in [2.24, 2.45) is 0 Å². The standard InChI is InChI=1S/C24H29N5O2/c1-31-20-8-6-18(7-9-20)10-15-26-24(30)27-16-17-29-22-5-3-2-4-21(22)23(28-29)19-11-13-25-14-12-19/h6-9,11-14H,2-5,10,15-17H2,1H3,(H2,26,27,30). The second kappa shape index (κ2) is 10.1. The largest absolute Gasteiger partial charge is 0.497 e. The molecule has 0 unspecified atom stereocenters. The Morgan fingerprint density at radius 3 is 2.55 bits per heavy atom. The van der Waals surface area contributed by atoms with Crippen LogP contribution in [0.1, 0.15) is 29.7 Å². The van der Waals surface area contributed by atoms with E-state index in [2.05, 4.69) is 20.3 Å². The van der Waals surface area contributed by atoms with Crippen LogP contribution in [-0.4, -0.2) is 41.0 Å². The highest BCUT2D eigenvalue weighted by Gasteiger charge is 2.21. The van der Waals surface area contributed by atoms with E-state index in [9.17, 15) is 4.79 Å². The van der Waals surface area contributed by atoms with Gasteiger partial charge in [0.05, 0.1) is 19.3 Å². The molecule has 2 heterocycles. The number of aromatic nitrogens is 3. The molecule has 0 fully saturated rings. The van der Waals surface area contributed by atoms with E-state index in [0.717, 1.165) is 41.8 Å². The lowest BCUT2D eigenvalue weighted by atomic mass is 9.94. The van der Waals surface area contributed by atoms with Crippen LogP contribution in [0.4, 0.5) is 4.79 Å². The molecule has 0 atom stereocenters. The number of carbonyl (C=O) groups excluding carboxylic acids is 1. The average molecular weight is 420 g/mol. The van der Waals surface area contributed by atoms with Crippen LogP contribution in [0.25, 0.3) is 11.3 Å². The summed E-state index contributed by atoms with van der Waals surface area (Å²) < 4.78 is 7.24. The number of hydrogen-bond acceptors (Lipinski definition) is 4. The van der Waals surface area contributed by atoms with Gasteiger partial charge in [-0.15, -0.1) is 0 Å². The smallest absolute Gasteiger partial charge is 0.314 e. The molecule has 31 heavy (non-hydrogen) atoms. The first-order valence-electron chi connectivity index (χ1n) is 10.9. The molecule has 0 radical (unpaired) electrons.